The Bertz CT molecular complexity index is 1340. The highest BCUT2D eigenvalue weighted by Gasteiger charge is 2.33. The maximum Gasteiger partial charge on any atom is 0.573 e. The zero-order valence-electron chi connectivity index (χ0n) is 20.8. The number of methoxy groups -OCH3 is 1. The van der Waals surface area contributed by atoms with E-state index in [-0.39, 0.29) is 18.2 Å². The maximum absolute atomic E-state index is 13.3. The number of alkyl halides is 3. The number of ether oxygens (including phenoxy) is 3. The van der Waals surface area contributed by atoms with E-state index in [1.807, 2.05) is 42.5 Å². The quantitative estimate of drug-likeness (QED) is 0.393. The van der Waals surface area contributed by atoms with Crippen LogP contribution in [-0.2, 0) is 11.2 Å². The van der Waals surface area contributed by atoms with Gasteiger partial charge < -0.3 is 19.5 Å². The lowest BCUT2D eigenvalue weighted by Gasteiger charge is -2.26. The molecule has 1 aliphatic heterocycles. The predicted octanol–water partition coefficient (Wildman–Crippen LogP) is 6.32. The Balaban J connectivity index is 1.49. The van der Waals surface area contributed by atoms with Gasteiger partial charge in [0, 0.05) is 17.5 Å². The molecule has 9 heteroatoms. The van der Waals surface area contributed by atoms with Gasteiger partial charge >= 0.3 is 6.36 Å². The first-order valence-corrected chi connectivity index (χ1v) is 12.5. The second kappa shape index (κ2) is 10.8. The van der Waals surface area contributed by atoms with Crippen molar-refractivity contribution in [1.29, 1.82) is 0 Å². The van der Waals surface area contributed by atoms with E-state index in [1.54, 1.807) is 7.11 Å². The minimum atomic E-state index is -4.89. The van der Waals surface area contributed by atoms with E-state index >= 15 is 0 Å². The molecule has 3 aromatic carbocycles. The van der Waals surface area contributed by atoms with Gasteiger partial charge in [-0.3, -0.25) is 9.79 Å². The van der Waals surface area contributed by atoms with Crippen molar-refractivity contribution in [2.24, 2.45) is 4.99 Å². The van der Waals surface area contributed by atoms with Crippen LogP contribution in [0, 0.1) is 0 Å². The Kier molecular flexibility index (Phi) is 7.26. The third kappa shape index (κ3) is 5.77. The van der Waals surface area contributed by atoms with E-state index in [0.29, 0.717) is 17.2 Å². The summed E-state index contributed by atoms with van der Waals surface area (Å²) in [4.78, 5) is 18.1. The van der Waals surface area contributed by atoms with E-state index in [0.717, 1.165) is 48.4 Å². The van der Waals surface area contributed by atoms with Crippen molar-refractivity contribution in [3.05, 3.63) is 83.4 Å². The molecule has 38 heavy (non-hydrogen) atoms. The molecular weight excluding hydrogens is 497 g/mol. The molecule has 5 rings (SSSR count). The third-order valence-corrected chi connectivity index (χ3v) is 6.66. The molecule has 1 N–H and O–H groups in total. The summed E-state index contributed by atoms with van der Waals surface area (Å²) >= 11 is 0. The van der Waals surface area contributed by atoms with E-state index < -0.39 is 24.1 Å². The predicted molar refractivity (Wildman–Crippen MR) is 137 cm³/mol. The first-order valence-electron chi connectivity index (χ1n) is 12.5. The van der Waals surface area contributed by atoms with Gasteiger partial charge in [0.25, 0.3) is 0 Å². The minimum Gasteiger partial charge on any atom is -0.493 e. The highest BCUT2D eigenvalue weighted by atomic mass is 19.4. The van der Waals surface area contributed by atoms with Gasteiger partial charge in [-0.25, -0.2) is 0 Å². The molecule has 0 saturated heterocycles. The van der Waals surface area contributed by atoms with Gasteiger partial charge in [-0.2, -0.15) is 0 Å². The molecule has 0 radical (unpaired) electrons. The summed E-state index contributed by atoms with van der Waals surface area (Å²) in [5.74, 6) is 0.154. The number of carbonyl (C=O) groups excluding carboxylic acids is 1. The average molecular weight is 525 g/mol. The Morgan fingerprint density at radius 1 is 0.947 bits per heavy atom. The molecule has 1 fully saturated rings. The van der Waals surface area contributed by atoms with Crippen LogP contribution < -0.4 is 19.5 Å². The first kappa shape index (κ1) is 25.6. The molecule has 198 valence electrons. The number of halogens is 3. The highest BCUT2D eigenvalue weighted by molar-refractivity contribution is 6.16. The maximum atomic E-state index is 13.3. The summed E-state index contributed by atoms with van der Waals surface area (Å²) in [6, 6.07) is 17.7. The lowest BCUT2D eigenvalue weighted by atomic mass is 9.89. The number of fused-ring (bicyclic) bond motifs is 1. The molecule has 1 aliphatic carbocycles. The Hall–Kier alpha value is -4.01. The number of rotatable bonds is 7. The monoisotopic (exact) mass is 524 g/mol. The molecule has 0 spiro atoms. The molecule has 2 aliphatic rings. The molecular formula is C29H27F3N2O4. The van der Waals surface area contributed by atoms with Gasteiger partial charge in [0.2, 0.25) is 5.91 Å². The summed E-state index contributed by atoms with van der Waals surface area (Å²) < 4.78 is 54.7. The summed E-state index contributed by atoms with van der Waals surface area (Å²) in [5.41, 5.74) is 2.97. The van der Waals surface area contributed by atoms with Crippen LogP contribution in [0.25, 0.3) is 0 Å². The third-order valence-electron chi connectivity index (χ3n) is 6.66. The van der Waals surface area contributed by atoms with Crippen LogP contribution in [0.5, 0.6) is 17.2 Å². The normalized spacial score (nSPS) is 17.4. The summed E-state index contributed by atoms with van der Waals surface area (Å²) in [6.07, 6.45) is -0.363. The Morgan fingerprint density at radius 2 is 1.66 bits per heavy atom. The van der Waals surface area contributed by atoms with Crippen molar-refractivity contribution in [2.75, 3.05) is 12.4 Å². The molecule has 0 aromatic heterocycles. The van der Waals surface area contributed by atoms with Crippen LogP contribution in [0.4, 0.5) is 18.9 Å². The van der Waals surface area contributed by atoms with Crippen molar-refractivity contribution in [2.45, 2.75) is 50.6 Å². The fourth-order valence-electron chi connectivity index (χ4n) is 4.89. The molecule has 1 amide bonds. The van der Waals surface area contributed by atoms with Gasteiger partial charge in [0.15, 0.2) is 17.2 Å². The fourth-order valence-corrected chi connectivity index (χ4v) is 4.89. The SMILES string of the molecule is COc1cc2c(cc1OC1CCCC1)CC(C(=O)Nc1ccccc1OC(F)(F)F)N=C2c1ccccc1. The topological polar surface area (TPSA) is 69.2 Å². The van der Waals surface area contributed by atoms with Crippen molar-refractivity contribution in [3.63, 3.8) is 0 Å². The molecule has 0 bridgehead atoms. The van der Waals surface area contributed by atoms with Crippen LogP contribution in [0.1, 0.15) is 42.4 Å². The highest BCUT2D eigenvalue weighted by Crippen LogP contribution is 2.38. The largest absolute Gasteiger partial charge is 0.573 e. The van der Waals surface area contributed by atoms with E-state index in [2.05, 4.69) is 10.1 Å². The lowest BCUT2D eigenvalue weighted by Crippen LogP contribution is -2.33. The number of amides is 1. The van der Waals surface area contributed by atoms with E-state index in [4.69, 9.17) is 14.5 Å². The molecule has 3 aromatic rings. The number of anilines is 1. The van der Waals surface area contributed by atoms with Gasteiger partial charge in [0.1, 0.15) is 6.04 Å². The standard InChI is InChI=1S/C29H27F3N2O4/c1-36-25-17-21-19(16-26(25)37-20-11-5-6-12-20)15-23(33-27(21)18-9-3-2-4-10-18)28(35)34-22-13-7-8-14-24(22)38-29(30,31)32/h2-4,7-10,13-14,16-17,20,23H,5-6,11-12,15H2,1H3,(H,34,35). The van der Waals surface area contributed by atoms with Crippen molar-refractivity contribution in [3.8, 4) is 17.2 Å². The zero-order chi connectivity index (χ0) is 26.7. The van der Waals surface area contributed by atoms with Gasteiger partial charge in [-0.05, 0) is 55.5 Å². The van der Waals surface area contributed by atoms with Crippen LogP contribution in [0.3, 0.4) is 0 Å². The van der Waals surface area contributed by atoms with Crippen molar-refractivity contribution in [1.82, 2.24) is 0 Å². The van der Waals surface area contributed by atoms with Crippen LogP contribution in [0.15, 0.2) is 71.7 Å². The minimum absolute atomic E-state index is 0.0860. The summed E-state index contributed by atoms with van der Waals surface area (Å²) in [7, 11) is 1.59. The van der Waals surface area contributed by atoms with Gasteiger partial charge in [-0.1, -0.05) is 42.5 Å². The lowest BCUT2D eigenvalue weighted by molar-refractivity contribution is -0.274. The van der Waals surface area contributed by atoms with Crippen LogP contribution >= 0.6 is 0 Å². The van der Waals surface area contributed by atoms with Crippen LogP contribution in [-0.4, -0.2) is 37.2 Å². The Morgan fingerprint density at radius 3 is 2.37 bits per heavy atom. The molecule has 6 nitrogen and oxygen atoms in total. The van der Waals surface area contributed by atoms with E-state index in [9.17, 15) is 18.0 Å². The van der Waals surface area contributed by atoms with Gasteiger partial charge in [-0.15, -0.1) is 13.2 Å². The summed E-state index contributed by atoms with van der Waals surface area (Å²) in [6.45, 7) is 0. The van der Waals surface area contributed by atoms with Crippen LogP contribution in [0.2, 0.25) is 0 Å². The van der Waals surface area contributed by atoms with Crippen molar-refractivity contribution < 1.29 is 32.2 Å². The number of hydrogen-bond acceptors (Lipinski definition) is 5. The van der Waals surface area contributed by atoms with E-state index in [1.165, 1.54) is 18.2 Å². The fraction of sp³-hybridized carbons (Fsp3) is 0.310. The smallest absolute Gasteiger partial charge is 0.493 e. The number of hydrogen-bond donors (Lipinski definition) is 1. The van der Waals surface area contributed by atoms with Gasteiger partial charge in [0.05, 0.1) is 24.6 Å². The molecule has 1 saturated carbocycles. The first-order chi connectivity index (χ1) is 18.3. The molecule has 1 unspecified atom stereocenters. The number of aliphatic imine (C=N–C) groups is 1. The Labute approximate surface area is 218 Å². The number of nitrogens with one attached hydrogen (secondary N) is 1. The molecule has 1 atom stereocenters. The summed E-state index contributed by atoms with van der Waals surface area (Å²) in [5, 5.41) is 2.57. The number of nitrogens with zero attached hydrogens (tertiary/aromatic N) is 1. The number of benzene rings is 3. The number of carbonyl (C=O) groups is 1. The molecule has 1 heterocycles. The zero-order valence-corrected chi connectivity index (χ0v) is 20.8. The average Bonchev–Trinajstić information content (AvgIpc) is 3.41. The second-order valence-corrected chi connectivity index (χ2v) is 9.28. The van der Waals surface area contributed by atoms with Crippen molar-refractivity contribution >= 4 is 17.3 Å². The number of para-hydroxylation sites is 2. The second-order valence-electron chi connectivity index (χ2n) is 9.28.